The molecule has 0 aromatic rings. The lowest BCUT2D eigenvalue weighted by Crippen LogP contribution is -2.69. The smallest absolute Gasteiger partial charge is 0.279 e. The van der Waals surface area contributed by atoms with Crippen molar-refractivity contribution in [2.24, 2.45) is 5.73 Å². The van der Waals surface area contributed by atoms with Crippen LogP contribution >= 0.6 is 0 Å². The van der Waals surface area contributed by atoms with Crippen molar-refractivity contribution in [1.29, 1.82) is 0 Å². The lowest BCUT2D eigenvalue weighted by atomic mass is 9.89. The van der Waals surface area contributed by atoms with Crippen LogP contribution in [0.4, 0.5) is 0 Å². The van der Waals surface area contributed by atoms with Crippen molar-refractivity contribution >= 4 is 10.2 Å². The van der Waals surface area contributed by atoms with Crippen LogP contribution in [0.2, 0.25) is 0 Å². The minimum atomic E-state index is -3.27. The highest BCUT2D eigenvalue weighted by molar-refractivity contribution is 7.87. The van der Waals surface area contributed by atoms with Gasteiger partial charge in [0.05, 0.1) is 0 Å². The fourth-order valence-electron chi connectivity index (χ4n) is 1.80. The zero-order valence-corrected chi connectivity index (χ0v) is 10.3. The third-order valence-corrected chi connectivity index (χ3v) is 4.11. The Morgan fingerprint density at radius 3 is 2.40 bits per heavy atom. The van der Waals surface area contributed by atoms with Gasteiger partial charge < -0.3 is 5.73 Å². The Morgan fingerprint density at radius 2 is 1.93 bits per heavy atom. The van der Waals surface area contributed by atoms with Crippen LogP contribution in [0, 0.1) is 0 Å². The van der Waals surface area contributed by atoms with Gasteiger partial charge in [-0.15, -0.1) is 0 Å². The molecule has 0 saturated carbocycles. The van der Waals surface area contributed by atoms with Crippen LogP contribution in [0.5, 0.6) is 0 Å². The second-order valence-corrected chi connectivity index (χ2v) is 6.04. The molecule has 1 saturated heterocycles. The second-order valence-electron chi connectivity index (χ2n) is 4.28. The Balaban J connectivity index is 2.43. The van der Waals surface area contributed by atoms with Gasteiger partial charge in [0, 0.05) is 25.2 Å². The first-order valence-corrected chi connectivity index (χ1v) is 6.91. The van der Waals surface area contributed by atoms with Crippen LogP contribution < -0.4 is 10.5 Å². The maximum atomic E-state index is 11.6. The molecule has 0 bridgehead atoms. The average Bonchev–Trinajstić information content (AvgIpc) is 2.11. The van der Waals surface area contributed by atoms with E-state index in [1.807, 2.05) is 6.92 Å². The van der Waals surface area contributed by atoms with E-state index in [1.165, 1.54) is 4.31 Å². The Hall–Kier alpha value is -0.170. The molecule has 0 unspecified atom stereocenters. The summed E-state index contributed by atoms with van der Waals surface area (Å²) < 4.78 is 27.2. The van der Waals surface area contributed by atoms with Crippen molar-refractivity contribution in [2.45, 2.75) is 38.6 Å². The molecule has 90 valence electrons. The van der Waals surface area contributed by atoms with Crippen molar-refractivity contribution in [3.63, 3.8) is 0 Å². The van der Waals surface area contributed by atoms with Gasteiger partial charge in [0.2, 0.25) is 0 Å². The molecule has 0 aliphatic carbocycles. The number of nitrogens with two attached hydrogens (primary N) is 1. The lowest BCUT2D eigenvalue weighted by molar-refractivity contribution is 0.145. The first-order valence-electron chi connectivity index (χ1n) is 5.47. The summed E-state index contributed by atoms with van der Waals surface area (Å²) >= 11 is 0. The van der Waals surface area contributed by atoms with Crippen LogP contribution in [-0.4, -0.2) is 37.9 Å². The van der Waals surface area contributed by atoms with E-state index in [0.29, 0.717) is 19.6 Å². The largest absolute Gasteiger partial charge is 0.323 e. The molecule has 0 atom stereocenters. The molecule has 6 heteroatoms. The summed E-state index contributed by atoms with van der Waals surface area (Å²) in [6, 6.07) is 0. The van der Waals surface area contributed by atoms with E-state index >= 15 is 0 Å². The molecule has 1 heterocycles. The minimum absolute atomic E-state index is 0.296. The van der Waals surface area contributed by atoms with E-state index in [2.05, 4.69) is 11.6 Å². The van der Waals surface area contributed by atoms with E-state index < -0.39 is 10.2 Å². The van der Waals surface area contributed by atoms with Gasteiger partial charge in [-0.3, -0.25) is 0 Å². The number of hydrogen-bond acceptors (Lipinski definition) is 3. The molecule has 0 aromatic carbocycles. The van der Waals surface area contributed by atoms with Gasteiger partial charge in [0.25, 0.3) is 10.2 Å². The Kier molecular flexibility index (Phi) is 4.11. The molecule has 0 spiro atoms. The maximum absolute atomic E-state index is 11.6. The zero-order chi connectivity index (χ0) is 11.5. The molecular formula is C9H21N3O2S. The standard InChI is InChI=1S/C9H21N3O2S/c1-3-5-9(10)7-12(8-9)15(13,14)11-6-4-2/h11H,3-8,10H2,1-2H3. The molecule has 0 amide bonds. The van der Waals surface area contributed by atoms with Crippen LogP contribution in [0.3, 0.4) is 0 Å². The summed E-state index contributed by atoms with van der Waals surface area (Å²) in [5.41, 5.74) is 5.70. The molecule has 3 N–H and O–H groups in total. The topological polar surface area (TPSA) is 75.4 Å². The fourth-order valence-corrected chi connectivity index (χ4v) is 3.30. The van der Waals surface area contributed by atoms with Crippen LogP contribution in [0.15, 0.2) is 0 Å². The number of nitrogens with one attached hydrogen (secondary N) is 1. The molecule has 1 rings (SSSR count). The molecule has 15 heavy (non-hydrogen) atoms. The summed E-state index contributed by atoms with van der Waals surface area (Å²) in [6.45, 7) is 5.37. The van der Waals surface area contributed by atoms with Crippen molar-refractivity contribution in [3.05, 3.63) is 0 Å². The van der Waals surface area contributed by atoms with E-state index in [9.17, 15) is 8.42 Å². The number of rotatable bonds is 6. The van der Waals surface area contributed by atoms with E-state index in [0.717, 1.165) is 19.3 Å². The predicted molar refractivity (Wildman–Crippen MR) is 60.6 cm³/mol. The van der Waals surface area contributed by atoms with Gasteiger partial charge in [-0.2, -0.15) is 12.7 Å². The zero-order valence-electron chi connectivity index (χ0n) is 9.49. The van der Waals surface area contributed by atoms with Crippen molar-refractivity contribution in [1.82, 2.24) is 9.03 Å². The number of nitrogens with zero attached hydrogens (tertiary/aromatic N) is 1. The summed E-state index contributed by atoms with van der Waals surface area (Å²) in [4.78, 5) is 0. The summed E-state index contributed by atoms with van der Waals surface area (Å²) in [7, 11) is -3.27. The minimum Gasteiger partial charge on any atom is -0.323 e. The molecule has 5 nitrogen and oxygen atoms in total. The third kappa shape index (κ3) is 3.14. The van der Waals surface area contributed by atoms with Crippen LogP contribution in [0.25, 0.3) is 0 Å². The van der Waals surface area contributed by atoms with Gasteiger partial charge in [0.1, 0.15) is 0 Å². The summed E-state index contributed by atoms with van der Waals surface area (Å²) in [5.74, 6) is 0. The second kappa shape index (κ2) is 4.78. The summed E-state index contributed by atoms with van der Waals surface area (Å²) in [6.07, 6.45) is 2.68. The molecule has 0 aromatic heterocycles. The van der Waals surface area contributed by atoms with E-state index in [4.69, 9.17) is 5.73 Å². The highest BCUT2D eigenvalue weighted by Gasteiger charge is 2.44. The highest BCUT2D eigenvalue weighted by Crippen LogP contribution is 2.25. The molecule has 1 aliphatic heterocycles. The molecule has 1 fully saturated rings. The average molecular weight is 235 g/mol. The van der Waals surface area contributed by atoms with Crippen LogP contribution in [-0.2, 0) is 10.2 Å². The fraction of sp³-hybridized carbons (Fsp3) is 1.00. The van der Waals surface area contributed by atoms with E-state index in [-0.39, 0.29) is 5.54 Å². The SMILES string of the molecule is CCCNS(=O)(=O)N1CC(N)(CCC)C1. The van der Waals surface area contributed by atoms with Crippen molar-refractivity contribution in [2.75, 3.05) is 19.6 Å². The Bertz CT molecular complexity index is 296. The normalized spacial score (nSPS) is 21.3. The van der Waals surface area contributed by atoms with Gasteiger partial charge in [-0.25, -0.2) is 4.72 Å². The highest BCUT2D eigenvalue weighted by atomic mass is 32.2. The molecular weight excluding hydrogens is 214 g/mol. The molecule has 0 radical (unpaired) electrons. The van der Waals surface area contributed by atoms with Gasteiger partial charge in [0.15, 0.2) is 0 Å². The first-order chi connectivity index (χ1) is 6.93. The van der Waals surface area contributed by atoms with Gasteiger partial charge in [-0.1, -0.05) is 20.3 Å². The van der Waals surface area contributed by atoms with Crippen molar-refractivity contribution in [3.8, 4) is 0 Å². The Labute approximate surface area is 92.2 Å². The lowest BCUT2D eigenvalue weighted by Gasteiger charge is -2.46. The predicted octanol–water partition coefficient (Wildman–Crippen LogP) is 0.0440. The monoisotopic (exact) mass is 235 g/mol. The maximum Gasteiger partial charge on any atom is 0.279 e. The summed E-state index contributed by atoms with van der Waals surface area (Å²) in [5, 5.41) is 0. The Morgan fingerprint density at radius 1 is 1.33 bits per heavy atom. The quantitative estimate of drug-likeness (QED) is 0.683. The number of hydrogen-bond donors (Lipinski definition) is 2. The van der Waals surface area contributed by atoms with Gasteiger partial charge in [-0.05, 0) is 12.8 Å². The third-order valence-electron chi connectivity index (χ3n) is 2.60. The van der Waals surface area contributed by atoms with Crippen LogP contribution in [0.1, 0.15) is 33.1 Å². The van der Waals surface area contributed by atoms with Crippen molar-refractivity contribution < 1.29 is 8.42 Å². The van der Waals surface area contributed by atoms with Gasteiger partial charge >= 0.3 is 0 Å². The van der Waals surface area contributed by atoms with E-state index in [1.54, 1.807) is 0 Å². The first kappa shape index (κ1) is 12.9. The molecule has 1 aliphatic rings.